The lowest BCUT2D eigenvalue weighted by atomic mass is 10.2. The molecule has 1 N–H and O–H groups in total. The fourth-order valence-corrected chi connectivity index (χ4v) is 2.62. The first-order valence-electron chi connectivity index (χ1n) is 6.27. The monoisotopic (exact) mass is 269 g/mol. The molecule has 4 heteroatoms. The fraction of sp³-hybridized carbons (Fsp3) is 0.643. The minimum atomic E-state index is -0.410. The van der Waals surface area contributed by atoms with E-state index in [1.54, 1.807) is 11.3 Å². The highest BCUT2D eigenvalue weighted by molar-refractivity contribution is 7.11. The molecule has 0 saturated carbocycles. The lowest BCUT2D eigenvalue weighted by molar-refractivity contribution is -0.153. The Kier molecular flexibility index (Phi) is 5.35. The van der Waals surface area contributed by atoms with Crippen molar-refractivity contribution in [3.05, 3.63) is 21.9 Å². The number of carbonyl (C=O) groups excluding carboxylic acids is 1. The van der Waals surface area contributed by atoms with E-state index in [2.05, 4.69) is 31.3 Å². The molecule has 1 rings (SSSR count). The highest BCUT2D eigenvalue weighted by Gasteiger charge is 2.16. The van der Waals surface area contributed by atoms with Crippen LogP contribution in [0.4, 0.5) is 0 Å². The Balaban J connectivity index is 2.29. The summed E-state index contributed by atoms with van der Waals surface area (Å²) in [6.07, 6.45) is 0.946. The molecule has 0 spiro atoms. The topological polar surface area (TPSA) is 38.3 Å². The lowest BCUT2D eigenvalue weighted by Crippen LogP contribution is -2.36. The first kappa shape index (κ1) is 15.2. The van der Waals surface area contributed by atoms with Gasteiger partial charge in [0.1, 0.15) is 5.60 Å². The van der Waals surface area contributed by atoms with Crippen LogP contribution in [0.5, 0.6) is 0 Å². The number of esters is 1. The van der Waals surface area contributed by atoms with Gasteiger partial charge in [0, 0.05) is 15.8 Å². The van der Waals surface area contributed by atoms with E-state index in [0.717, 1.165) is 6.42 Å². The van der Waals surface area contributed by atoms with Gasteiger partial charge >= 0.3 is 5.97 Å². The molecule has 0 radical (unpaired) electrons. The Labute approximate surface area is 114 Å². The van der Waals surface area contributed by atoms with Crippen LogP contribution in [0.2, 0.25) is 0 Å². The average Bonchev–Trinajstić information content (AvgIpc) is 2.58. The molecule has 0 saturated heterocycles. The van der Waals surface area contributed by atoms with Gasteiger partial charge in [-0.15, -0.1) is 11.3 Å². The van der Waals surface area contributed by atoms with Crippen molar-refractivity contribution in [3.8, 4) is 0 Å². The average molecular weight is 269 g/mol. The highest BCUT2D eigenvalue weighted by Crippen LogP contribution is 2.16. The van der Waals surface area contributed by atoms with Gasteiger partial charge in [0.15, 0.2) is 0 Å². The van der Waals surface area contributed by atoms with Crippen molar-refractivity contribution in [1.29, 1.82) is 0 Å². The van der Waals surface area contributed by atoms with Crippen LogP contribution in [0.25, 0.3) is 0 Å². The Morgan fingerprint density at radius 1 is 1.44 bits per heavy atom. The number of ether oxygens (including phenoxy) is 1. The second-order valence-electron chi connectivity index (χ2n) is 5.58. The second kappa shape index (κ2) is 6.34. The lowest BCUT2D eigenvalue weighted by Gasteiger charge is -2.20. The van der Waals surface area contributed by atoms with Crippen molar-refractivity contribution in [1.82, 2.24) is 5.32 Å². The molecule has 18 heavy (non-hydrogen) atoms. The standard InChI is InChI=1S/C14H23NO2S/c1-10(8-12-7-6-11(2)18-12)15-9-13(16)17-14(3,4)5/h6-7,10,15H,8-9H2,1-5H3. The molecule has 0 aliphatic rings. The maximum atomic E-state index is 11.5. The number of carbonyl (C=O) groups is 1. The van der Waals surface area contributed by atoms with Crippen LogP contribution in [-0.2, 0) is 16.0 Å². The number of nitrogens with one attached hydrogen (secondary N) is 1. The predicted molar refractivity (Wildman–Crippen MR) is 76.1 cm³/mol. The molecule has 0 aromatic carbocycles. The van der Waals surface area contributed by atoms with Crippen molar-refractivity contribution in [2.45, 2.75) is 52.7 Å². The SMILES string of the molecule is Cc1ccc(CC(C)NCC(=O)OC(C)(C)C)s1. The molecule has 1 aromatic rings. The Morgan fingerprint density at radius 3 is 2.61 bits per heavy atom. The van der Waals surface area contributed by atoms with E-state index in [-0.39, 0.29) is 18.6 Å². The normalized spacial score (nSPS) is 13.4. The summed E-state index contributed by atoms with van der Waals surface area (Å²) in [7, 11) is 0. The Morgan fingerprint density at radius 2 is 2.11 bits per heavy atom. The molecular formula is C14H23NO2S. The predicted octanol–water partition coefficient (Wildman–Crippen LogP) is 2.92. The fourth-order valence-electron chi connectivity index (χ4n) is 1.60. The number of thiophene rings is 1. The summed E-state index contributed by atoms with van der Waals surface area (Å²) in [4.78, 5) is 14.2. The van der Waals surface area contributed by atoms with Crippen LogP contribution in [0, 0.1) is 6.92 Å². The van der Waals surface area contributed by atoms with E-state index >= 15 is 0 Å². The van der Waals surface area contributed by atoms with Gasteiger partial charge in [-0.1, -0.05) is 0 Å². The van der Waals surface area contributed by atoms with E-state index in [9.17, 15) is 4.79 Å². The van der Waals surface area contributed by atoms with Gasteiger partial charge in [0.25, 0.3) is 0 Å². The van der Waals surface area contributed by atoms with Crippen molar-refractivity contribution in [2.24, 2.45) is 0 Å². The van der Waals surface area contributed by atoms with Gasteiger partial charge in [0.05, 0.1) is 6.54 Å². The van der Waals surface area contributed by atoms with Gasteiger partial charge in [-0.2, -0.15) is 0 Å². The summed E-state index contributed by atoms with van der Waals surface area (Å²) >= 11 is 1.80. The summed E-state index contributed by atoms with van der Waals surface area (Å²) < 4.78 is 5.24. The van der Waals surface area contributed by atoms with E-state index in [4.69, 9.17) is 4.74 Å². The molecule has 0 fully saturated rings. The Bertz CT molecular complexity index is 393. The zero-order valence-corrected chi connectivity index (χ0v) is 12.7. The molecule has 1 aromatic heterocycles. The molecule has 1 unspecified atom stereocenters. The zero-order valence-electron chi connectivity index (χ0n) is 11.9. The molecule has 3 nitrogen and oxygen atoms in total. The van der Waals surface area contributed by atoms with E-state index in [0.29, 0.717) is 0 Å². The van der Waals surface area contributed by atoms with E-state index in [1.807, 2.05) is 20.8 Å². The summed E-state index contributed by atoms with van der Waals surface area (Å²) in [5, 5.41) is 3.19. The molecule has 0 bridgehead atoms. The molecular weight excluding hydrogens is 246 g/mol. The first-order valence-corrected chi connectivity index (χ1v) is 7.08. The van der Waals surface area contributed by atoms with Gasteiger partial charge in [-0.3, -0.25) is 4.79 Å². The van der Waals surface area contributed by atoms with E-state index < -0.39 is 5.60 Å². The van der Waals surface area contributed by atoms with Crippen LogP contribution < -0.4 is 5.32 Å². The van der Waals surface area contributed by atoms with Crippen LogP contribution in [0.1, 0.15) is 37.4 Å². The van der Waals surface area contributed by atoms with Crippen LogP contribution >= 0.6 is 11.3 Å². The van der Waals surface area contributed by atoms with Gasteiger partial charge in [0.2, 0.25) is 0 Å². The number of aryl methyl sites for hydroxylation is 1. The molecule has 0 aliphatic heterocycles. The molecule has 0 amide bonds. The molecule has 1 heterocycles. The van der Waals surface area contributed by atoms with Crippen molar-refractivity contribution in [3.63, 3.8) is 0 Å². The zero-order chi connectivity index (χ0) is 13.8. The first-order chi connectivity index (χ1) is 8.26. The molecule has 102 valence electrons. The minimum Gasteiger partial charge on any atom is -0.459 e. The summed E-state index contributed by atoms with van der Waals surface area (Å²) in [6.45, 7) is 10.1. The third-order valence-electron chi connectivity index (χ3n) is 2.32. The van der Waals surface area contributed by atoms with Crippen LogP contribution in [0.15, 0.2) is 12.1 Å². The van der Waals surface area contributed by atoms with Gasteiger partial charge < -0.3 is 10.1 Å². The molecule has 1 atom stereocenters. The second-order valence-corrected chi connectivity index (χ2v) is 6.96. The number of hydrogen-bond donors (Lipinski definition) is 1. The third kappa shape index (κ3) is 6.17. The smallest absolute Gasteiger partial charge is 0.320 e. The van der Waals surface area contributed by atoms with Crippen molar-refractivity contribution < 1.29 is 9.53 Å². The summed E-state index contributed by atoms with van der Waals surface area (Å²) in [5.41, 5.74) is -0.410. The maximum Gasteiger partial charge on any atom is 0.320 e. The summed E-state index contributed by atoms with van der Waals surface area (Å²) in [6, 6.07) is 4.54. The van der Waals surface area contributed by atoms with Crippen molar-refractivity contribution >= 4 is 17.3 Å². The Hall–Kier alpha value is -0.870. The number of hydrogen-bond acceptors (Lipinski definition) is 4. The highest BCUT2D eigenvalue weighted by atomic mass is 32.1. The maximum absolute atomic E-state index is 11.5. The summed E-state index contributed by atoms with van der Waals surface area (Å²) in [5.74, 6) is -0.197. The minimum absolute atomic E-state index is 0.197. The van der Waals surface area contributed by atoms with Crippen LogP contribution in [-0.4, -0.2) is 24.2 Å². The molecule has 0 aliphatic carbocycles. The quantitative estimate of drug-likeness (QED) is 0.835. The third-order valence-corrected chi connectivity index (χ3v) is 3.34. The van der Waals surface area contributed by atoms with Gasteiger partial charge in [-0.25, -0.2) is 0 Å². The van der Waals surface area contributed by atoms with Crippen molar-refractivity contribution in [2.75, 3.05) is 6.54 Å². The van der Waals surface area contributed by atoms with Crippen LogP contribution in [0.3, 0.4) is 0 Å². The van der Waals surface area contributed by atoms with Gasteiger partial charge in [-0.05, 0) is 53.2 Å². The van der Waals surface area contributed by atoms with E-state index in [1.165, 1.54) is 9.75 Å². The largest absolute Gasteiger partial charge is 0.459 e. The number of rotatable bonds is 5.